The van der Waals surface area contributed by atoms with Crippen LogP contribution >= 0.6 is 0 Å². The molecule has 0 aliphatic heterocycles. The van der Waals surface area contributed by atoms with Gasteiger partial charge in [0.2, 0.25) is 0 Å². The maximum Gasteiger partial charge on any atom is 0 e. The summed E-state index contributed by atoms with van der Waals surface area (Å²) in [5.41, 5.74) is 1.62. The summed E-state index contributed by atoms with van der Waals surface area (Å²) in [5, 5.41) is 0. The SMILES string of the molecule is CCC(CC)(CC)C[C-](CC(CC)(CC)CC)CC(CC)(CC)CC.[CH3-].[Y]. The first-order valence-corrected chi connectivity index (χ1v) is 11.7. The monoisotopic (exact) mass is 455 g/mol. The van der Waals surface area contributed by atoms with Crippen molar-refractivity contribution in [3.8, 4) is 0 Å². The third kappa shape index (κ3) is 9.19. The second-order valence-corrected chi connectivity index (χ2v) is 8.96. The van der Waals surface area contributed by atoms with Crippen LogP contribution in [0.15, 0.2) is 0 Å². The van der Waals surface area contributed by atoms with Gasteiger partial charge in [0.15, 0.2) is 0 Å². The van der Waals surface area contributed by atoms with Gasteiger partial charge in [0.05, 0.1) is 0 Å². The minimum atomic E-state index is 0. The maximum atomic E-state index is 2.42. The Morgan fingerprint density at radius 3 is 0.667 bits per heavy atom. The maximum absolute atomic E-state index is 2.42. The molecule has 0 N–H and O–H groups in total. The summed E-state index contributed by atoms with van der Waals surface area (Å²) in [6.07, 6.45) is 16.1. The van der Waals surface area contributed by atoms with Gasteiger partial charge in [-0.1, -0.05) is 136 Å². The van der Waals surface area contributed by atoms with Gasteiger partial charge in [-0.25, -0.2) is 0 Å². The average molecular weight is 456 g/mol. The zero-order valence-electron chi connectivity index (χ0n) is 21.1. The van der Waals surface area contributed by atoms with E-state index in [1.54, 1.807) is 0 Å². The van der Waals surface area contributed by atoms with Crippen LogP contribution < -0.4 is 0 Å². The van der Waals surface area contributed by atoms with E-state index in [4.69, 9.17) is 0 Å². The molecule has 1 heteroatoms. The average Bonchev–Trinajstić information content (AvgIpc) is 2.68. The number of hydrogen-bond acceptors (Lipinski definition) is 0. The van der Waals surface area contributed by atoms with Crippen molar-refractivity contribution in [2.45, 2.75) is 139 Å². The Bertz CT molecular complexity index is 244. The van der Waals surface area contributed by atoms with Gasteiger partial charge in [0.1, 0.15) is 0 Å². The predicted molar refractivity (Wildman–Crippen MR) is 123 cm³/mol. The molecule has 0 saturated heterocycles. The molecule has 0 rings (SSSR count). The van der Waals surface area contributed by atoms with Crippen molar-refractivity contribution in [1.82, 2.24) is 0 Å². The summed E-state index contributed by atoms with van der Waals surface area (Å²) < 4.78 is 0. The zero-order valence-corrected chi connectivity index (χ0v) is 23.9. The molecule has 0 saturated carbocycles. The molecule has 0 fully saturated rings. The Kier molecular flexibility index (Phi) is 19.3. The Morgan fingerprint density at radius 2 is 0.556 bits per heavy atom. The molecule has 0 aromatic heterocycles. The van der Waals surface area contributed by atoms with Gasteiger partial charge in [-0.3, -0.25) is 0 Å². The van der Waals surface area contributed by atoms with Crippen molar-refractivity contribution < 1.29 is 32.7 Å². The molecule has 0 aromatic carbocycles. The molecule has 0 heterocycles. The van der Waals surface area contributed by atoms with Gasteiger partial charge < -0.3 is 13.3 Å². The van der Waals surface area contributed by atoms with E-state index in [1.165, 1.54) is 77.0 Å². The first-order chi connectivity index (χ1) is 11.8. The van der Waals surface area contributed by atoms with Gasteiger partial charge in [0.25, 0.3) is 0 Å². The van der Waals surface area contributed by atoms with Crippen LogP contribution in [0.5, 0.6) is 0 Å². The fourth-order valence-electron chi connectivity index (χ4n) is 5.15. The molecular formula is C26H54Y-2. The predicted octanol–water partition coefficient (Wildman–Crippen LogP) is 9.83. The molecule has 0 nitrogen and oxygen atoms in total. The standard InChI is InChI=1S/C25H51.CH3.Y/c1-10-23(11-2,12-3)19-22(20-24(13-4,14-5)15-6)21-25(16-7,17-8)18-9;;/h10-21H2,1-9H3;1H3;/q2*-1;. The van der Waals surface area contributed by atoms with E-state index < -0.39 is 0 Å². The first-order valence-electron chi connectivity index (χ1n) is 11.7. The topological polar surface area (TPSA) is 0 Å². The van der Waals surface area contributed by atoms with Gasteiger partial charge in [0, 0.05) is 32.7 Å². The van der Waals surface area contributed by atoms with Gasteiger partial charge >= 0.3 is 0 Å². The van der Waals surface area contributed by atoms with Crippen molar-refractivity contribution in [3.05, 3.63) is 13.3 Å². The molecule has 163 valence electrons. The smallest absolute Gasteiger partial charge is 0 e. The van der Waals surface area contributed by atoms with Crippen LogP contribution in [0.2, 0.25) is 0 Å². The molecule has 0 amide bonds. The van der Waals surface area contributed by atoms with Crippen LogP contribution in [0.25, 0.3) is 0 Å². The Hall–Kier alpha value is 1.10. The third-order valence-corrected chi connectivity index (χ3v) is 8.62. The molecule has 0 unspecified atom stereocenters. The van der Waals surface area contributed by atoms with E-state index in [1.807, 2.05) is 5.92 Å². The van der Waals surface area contributed by atoms with Crippen LogP contribution in [-0.4, -0.2) is 0 Å². The van der Waals surface area contributed by atoms with Crippen molar-refractivity contribution in [2.24, 2.45) is 16.2 Å². The molecule has 1 radical (unpaired) electrons. The minimum Gasteiger partial charge on any atom is -0.358 e. The summed E-state index contributed by atoms with van der Waals surface area (Å²) in [4.78, 5) is 0. The van der Waals surface area contributed by atoms with Crippen molar-refractivity contribution in [1.29, 1.82) is 0 Å². The van der Waals surface area contributed by atoms with Crippen LogP contribution in [-0.2, 0) is 32.7 Å². The second kappa shape index (κ2) is 15.9. The number of rotatable bonds is 15. The van der Waals surface area contributed by atoms with E-state index in [0.29, 0.717) is 16.2 Å². The van der Waals surface area contributed by atoms with E-state index in [-0.39, 0.29) is 40.1 Å². The zero-order chi connectivity index (χ0) is 19.6. The molecule has 0 aliphatic rings. The fraction of sp³-hybridized carbons (Fsp3) is 0.923. The van der Waals surface area contributed by atoms with Crippen LogP contribution in [0.4, 0.5) is 0 Å². The Morgan fingerprint density at radius 1 is 0.407 bits per heavy atom. The Labute approximate surface area is 200 Å². The summed E-state index contributed by atoms with van der Waals surface area (Å²) in [7, 11) is 0. The van der Waals surface area contributed by atoms with Gasteiger partial charge in [-0.05, 0) is 0 Å². The molecule has 0 aliphatic carbocycles. The van der Waals surface area contributed by atoms with Crippen molar-refractivity contribution >= 4 is 0 Å². The molecule has 0 spiro atoms. The normalized spacial score (nSPS) is 12.7. The van der Waals surface area contributed by atoms with E-state index in [9.17, 15) is 0 Å². The van der Waals surface area contributed by atoms with E-state index >= 15 is 0 Å². The fourth-order valence-corrected chi connectivity index (χ4v) is 5.15. The summed E-state index contributed by atoms with van der Waals surface area (Å²) in [6.45, 7) is 21.8. The van der Waals surface area contributed by atoms with Crippen LogP contribution in [0.1, 0.15) is 139 Å². The Balaban J connectivity index is -0.00000288. The molecule has 27 heavy (non-hydrogen) atoms. The quantitative estimate of drug-likeness (QED) is 0.216. The molecule has 0 aromatic rings. The van der Waals surface area contributed by atoms with Gasteiger partial charge in [-0.2, -0.15) is 19.3 Å². The first kappa shape index (κ1) is 32.8. The molecular weight excluding hydrogens is 401 g/mol. The second-order valence-electron chi connectivity index (χ2n) is 8.96. The van der Waals surface area contributed by atoms with Crippen LogP contribution in [0.3, 0.4) is 0 Å². The summed E-state index contributed by atoms with van der Waals surface area (Å²) in [6, 6.07) is 0. The largest absolute Gasteiger partial charge is 0.358 e. The molecule has 0 bridgehead atoms. The van der Waals surface area contributed by atoms with E-state index in [0.717, 1.165) is 0 Å². The third-order valence-electron chi connectivity index (χ3n) is 8.62. The van der Waals surface area contributed by atoms with Crippen molar-refractivity contribution in [3.63, 3.8) is 0 Å². The summed E-state index contributed by atoms with van der Waals surface area (Å²) >= 11 is 0. The molecule has 0 atom stereocenters. The van der Waals surface area contributed by atoms with Crippen molar-refractivity contribution in [2.75, 3.05) is 0 Å². The van der Waals surface area contributed by atoms with E-state index in [2.05, 4.69) is 62.3 Å². The van der Waals surface area contributed by atoms with Gasteiger partial charge in [-0.15, -0.1) is 0 Å². The summed E-state index contributed by atoms with van der Waals surface area (Å²) in [5.74, 6) is 1.90. The van der Waals surface area contributed by atoms with Crippen LogP contribution in [0, 0.1) is 29.6 Å². The minimum absolute atomic E-state index is 0. The number of hydrogen-bond donors (Lipinski definition) is 0.